The Morgan fingerprint density at radius 3 is 2.67 bits per heavy atom. The molecule has 0 atom stereocenters. The first kappa shape index (κ1) is 16.9. The zero-order valence-corrected chi connectivity index (χ0v) is 15.2. The lowest BCUT2D eigenvalue weighted by molar-refractivity contribution is 0.0627. The highest BCUT2D eigenvalue weighted by Crippen LogP contribution is 2.18. The molecule has 0 unspecified atom stereocenters. The van der Waals surface area contributed by atoms with Gasteiger partial charge in [-0.05, 0) is 19.1 Å². The summed E-state index contributed by atoms with van der Waals surface area (Å²) < 4.78 is 0. The third-order valence-corrected chi connectivity index (χ3v) is 4.97. The van der Waals surface area contributed by atoms with E-state index in [1.54, 1.807) is 17.5 Å². The lowest BCUT2D eigenvalue weighted by Gasteiger charge is -2.34. The molecule has 1 aliphatic heterocycles. The van der Waals surface area contributed by atoms with Crippen molar-refractivity contribution in [2.45, 2.75) is 13.5 Å². The van der Waals surface area contributed by atoms with Gasteiger partial charge in [-0.15, -0.1) is 11.3 Å². The second-order valence-corrected chi connectivity index (χ2v) is 7.26. The van der Waals surface area contributed by atoms with Gasteiger partial charge in [0.2, 0.25) is 0 Å². The monoisotopic (exact) mass is 345 g/mol. The molecule has 7 heteroatoms. The Morgan fingerprint density at radius 1 is 1.29 bits per heavy atom. The number of anilines is 1. The van der Waals surface area contributed by atoms with Crippen molar-refractivity contribution in [3.05, 3.63) is 40.0 Å². The maximum absolute atomic E-state index is 12.8. The predicted octanol–water partition coefficient (Wildman–Crippen LogP) is 1.87. The van der Waals surface area contributed by atoms with Crippen LogP contribution in [0.1, 0.15) is 21.1 Å². The van der Waals surface area contributed by atoms with Crippen LogP contribution in [0.15, 0.2) is 23.7 Å². The van der Waals surface area contributed by atoms with Crippen molar-refractivity contribution < 1.29 is 4.79 Å². The minimum Gasteiger partial charge on any atom is -0.362 e. The Balaban J connectivity index is 1.61. The van der Waals surface area contributed by atoms with Gasteiger partial charge in [0.1, 0.15) is 5.82 Å². The van der Waals surface area contributed by atoms with Crippen LogP contribution in [-0.4, -0.2) is 65.9 Å². The molecule has 6 nitrogen and oxygen atoms in total. The van der Waals surface area contributed by atoms with Gasteiger partial charge in [-0.1, -0.05) is 0 Å². The van der Waals surface area contributed by atoms with Gasteiger partial charge in [-0.25, -0.2) is 9.97 Å². The van der Waals surface area contributed by atoms with E-state index >= 15 is 0 Å². The van der Waals surface area contributed by atoms with Crippen LogP contribution in [-0.2, 0) is 6.54 Å². The second kappa shape index (κ2) is 7.27. The van der Waals surface area contributed by atoms with Crippen molar-refractivity contribution >= 4 is 23.1 Å². The zero-order valence-electron chi connectivity index (χ0n) is 14.4. The highest BCUT2D eigenvalue weighted by Gasteiger charge is 2.25. The maximum atomic E-state index is 12.8. The SMILES string of the molecule is Cc1nc(CN2CCN(C(=O)c3cccnc3N(C)C)CC2)cs1. The molecule has 1 fully saturated rings. The van der Waals surface area contributed by atoms with Gasteiger partial charge in [0.05, 0.1) is 16.3 Å². The van der Waals surface area contributed by atoms with Crippen molar-refractivity contribution in [3.63, 3.8) is 0 Å². The number of carbonyl (C=O) groups excluding carboxylic acids is 1. The molecule has 1 aliphatic rings. The van der Waals surface area contributed by atoms with Crippen LogP contribution in [0.2, 0.25) is 0 Å². The van der Waals surface area contributed by atoms with E-state index in [1.165, 1.54) is 0 Å². The molecule has 2 aromatic rings. The molecule has 0 radical (unpaired) electrons. The summed E-state index contributed by atoms with van der Waals surface area (Å²) in [5, 5.41) is 3.22. The van der Waals surface area contributed by atoms with Gasteiger partial charge in [0.15, 0.2) is 0 Å². The average Bonchev–Trinajstić information content (AvgIpc) is 3.00. The van der Waals surface area contributed by atoms with Gasteiger partial charge in [0.25, 0.3) is 5.91 Å². The van der Waals surface area contributed by atoms with Gasteiger partial charge in [-0.3, -0.25) is 9.69 Å². The van der Waals surface area contributed by atoms with Gasteiger partial charge in [0, 0.05) is 58.4 Å². The quantitative estimate of drug-likeness (QED) is 0.847. The Morgan fingerprint density at radius 2 is 2.04 bits per heavy atom. The standard InChI is InChI=1S/C17H23N5OS/c1-13-19-14(12-24-13)11-21-7-9-22(10-8-21)17(23)15-5-4-6-18-16(15)20(2)3/h4-6,12H,7-11H2,1-3H3. The number of amides is 1. The number of hydrogen-bond acceptors (Lipinski definition) is 6. The molecule has 0 saturated carbocycles. The van der Waals surface area contributed by atoms with Crippen molar-refractivity contribution in [2.24, 2.45) is 0 Å². The topological polar surface area (TPSA) is 52.6 Å². The normalized spacial score (nSPS) is 15.5. The number of rotatable bonds is 4. The molecule has 128 valence electrons. The summed E-state index contributed by atoms with van der Waals surface area (Å²) in [4.78, 5) is 27.8. The summed E-state index contributed by atoms with van der Waals surface area (Å²) in [5.41, 5.74) is 1.80. The van der Waals surface area contributed by atoms with E-state index in [4.69, 9.17) is 0 Å². The number of nitrogens with zero attached hydrogens (tertiary/aromatic N) is 5. The molecule has 1 amide bonds. The lowest BCUT2D eigenvalue weighted by Crippen LogP contribution is -2.48. The first-order chi connectivity index (χ1) is 11.5. The summed E-state index contributed by atoms with van der Waals surface area (Å²) >= 11 is 1.69. The molecular formula is C17H23N5OS. The molecule has 0 aliphatic carbocycles. The molecule has 0 aromatic carbocycles. The van der Waals surface area contributed by atoms with E-state index in [9.17, 15) is 4.79 Å². The summed E-state index contributed by atoms with van der Waals surface area (Å²) in [6.07, 6.45) is 1.72. The molecule has 0 bridgehead atoms. The lowest BCUT2D eigenvalue weighted by atomic mass is 10.2. The Hall–Kier alpha value is -1.99. The first-order valence-corrected chi connectivity index (χ1v) is 8.97. The highest BCUT2D eigenvalue weighted by molar-refractivity contribution is 7.09. The molecule has 24 heavy (non-hydrogen) atoms. The first-order valence-electron chi connectivity index (χ1n) is 8.09. The summed E-state index contributed by atoms with van der Waals surface area (Å²) in [6.45, 7) is 6.12. The summed E-state index contributed by atoms with van der Waals surface area (Å²) in [6, 6.07) is 3.68. The van der Waals surface area contributed by atoms with E-state index in [-0.39, 0.29) is 5.91 Å². The third kappa shape index (κ3) is 3.73. The van der Waals surface area contributed by atoms with Crippen molar-refractivity contribution in [2.75, 3.05) is 45.2 Å². The Kier molecular flexibility index (Phi) is 5.11. The number of hydrogen-bond donors (Lipinski definition) is 0. The fourth-order valence-corrected chi connectivity index (χ4v) is 3.51. The Bertz CT molecular complexity index is 707. The molecule has 0 N–H and O–H groups in total. The smallest absolute Gasteiger partial charge is 0.257 e. The Labute approximate surface area is 146 Å². The number of pyridine rings is 1. The molecule has 3 heterocycles. The summed E-state index contributed by atoms with van der Waals surface area (Å²) in [5.74, 6) is 0.791. The largest absolute Gasteiger partial charge is 0.362 e. The van der Waals surface area contributed by atoms with Crippen molar-refractivity contribution in [3.8, 4) is 0 Å². The number of aromatic nitrogens is 2. The van der Waals surface area contributed by atoms with Crippen molar-refractivity contribution in [1.82, 2.24) is 19.8 Å². The average molecular weight is 345 g/mol. The second-order valence-electron chi connectivity index (χ2n) is 6.20. The van der Waals surface area contributed by atoms with Crippen LogP contribution in [0, 0.1) is 6.92 Å². The minimum absolute atomic E-state index is 0.0657. The van der Waals surface area contributed by atoms with Crippen LogP contribution >= 0.6 is 11.3 Å². The van der Waals surface area contributed by atoms with Crippen molar-refractivity contribution in [1.29, 1.82) is 0 Å². The third-order valence-electron chi connectivity index (χ3n) is 4.15. The van der Waals surface area contributed by atoms with Gasteiger partial charge in [-0.2, -0.15) is 0 Å². The number of carbonyl (C=O) groups is 1. The number of piperazine rings is 1. The fourth-order valence-electron chi connectivity index (χ4n) is 2.91. The molecular weight excluding hydrogens is 322 g/mol. The number of aryl methyl sites for hydroxylation is 1. The maximum Gasteiger partial charge on any atom is 0.257 e. The predicted molar refractivity (Wildman–Crippen MR) is 96.6 cm³/mol. The minimum atomic E-state index is 0.0657. The van der Waals surface area contributed by atoms with Gasteiger partial charge >= 0.3 is 0 Å². The van der Waals surface area contributed by atoms with E-state index < -0.39 is 0 Å². The van der Waals surface area contributed by atoms with Crippen LogP contribution in [0.25, 0.3) is 0 Å². The summed E-state index contributed by atoms with van der Waals surface area (Å²) in [7, 11) is 3.82. The van der Waals surface area contributed by atoms with Crippen LogP contribution < -0.4 is 4.90 Å². The molecule has 0 spiro atoms. The zero-order chi connectivity index (χ0) is 17.1. The molecule has 3 rings (SSSR count). The molecule has 2 aromatic heterocycles. The molecule has 1 saturated heterocycles. The highest BCUT2D eigenvalue weighted by atomic mass is 32.1. The fraction of sp³-hybridized carbons (Fsp3) is 0.471. The van der Waals surface area contributed by atoms with Crippen LogP contribution in [0.4, 0.5) is 5.82 Å². The van der Waals surface area contributed by atoms with Crippen LogP contribution in [0.5, 0.6) is 0 Å². The van der Waals surface area contributed by atoms with E-state index in [0.717, 1.165) is 49.2 Å². The van der Waals surface area contributed by atoms with E-state index in [0.29, 0.717) is 5.56 Å². The van der Waals surface area contributed by atoms with E-state index in [1.807, 2.05) is 43.0 Å². The van der Waals surface area contributed by atoms with E-state index in [2.05, 4.69) is 20.2 Å². The number of thiazole rings is 1. The van der Waals surface area contributed by atoms with Crippen LogP contribution in [0.3, 0.4) is 0 Å². The van der Waals surface area contributed by atoms with Gasteiger partial charge < -0.3 is 9.80 Å².